The molecule has 0 bridgehead atoms. The Kier molecular flexibility index (Phi) is 4.80. The third-order valence-corrected chi connectivity index (χ3v) is 4.40. The first-order chi connectivity index (χ1) is 9.94. The van der Waals surface area contributed by atoms with Gasteiger partial charge >= 0.3 is 0 Å². The minimum absolute atomic E-state index is 0.131. The van der Waals surface area contributed by atoms with Gasteiger partial charge in [0.15, 0.2) is 0 Å². The van der Waals surface area contributed by atoms with E-state index in [1.165, 1.54) is 6.26 Å². The summed E-state index contributed by atoms with van der Waals surface area (Å²) in [5, 5.41) is 9.17. The fourth-order valence-corrected chi connectivity index (χ4v) is 3.67. The number of hydrogen-bond acceptors (Lipinski definition) is 5. The Morgan fingerprint density at radius 1 is 1.52 bits per heavy atom. The molecule has 1 aliphatic heterocycles. The molecule has 0 amide bonds. The van der Waals surface area contributed by atoms with Crippen LogP contribution in [0.5, 0.6) is 0 Å². The van der Waals surface area contributed by atoms with Crippen LogP contribution in [-0.2, 0) is 10.0 Å². The quantitative estimate of drug-likeness (QED) is 0.880. The second-order valence-electron chi connectivity index (χ2n) is 5.44. The third-order valence-electron chi connectivity index (χ3n) is 3.67. The molecule has 2 atom stereocenters. The first-order valence-corrected chi connectivity index (χ1v) is 8.91. The SMILES string of the molecule is CCC[C@H]1CN(c2ncccc2C#N)C[C@@H]1NS(C)(=O)=O. The van der Waals surface area contributed by atoms with Gasteiger partial charge in [0.25, 0.3) is 0 Å². The van der Waals surface area contributed by atoms with E-state index in [1.54, 1.807) is 18.3 Å². The van der Waals surface area contributed by atoms with Crippen molar-refractivity contribution in [3.63, 3.8) is 0 Å². The molecule has 1 aliphatic rings. The van der Waals surface area contributed by atoms with Gasteiger partial charge in [-0.05, 0) is 24.5 Å². The second kappa shape index (κ2) is 6.41. The van der Waals surface area contributed by atoms with E-state index in [1.807, 2.05) is 4.90 Å². The zero-order valence-electron chi connectivity index (χ0n) is 12.3. The van der Waals surface area contributed by atoms with Crippen molar-refractivity contribution in [3.8, 4) is 6.07 Å². The van der Waals surface area contributed by atoms with Crippen molar-refractivity contribution in [3.05, 3.63) is 23.9 Å². The number of aromatic nitrogens is 1. The molecule has 0 saturated carbocycles. The van der Waals surface area contributed by atoms with Crippen LogP contribution in [0.1, 0.15) is 25.3 Å². The van der Waals surface area contributed by atoms with Gasteiger partial charge in [-0.1, -0.05) is 13.3 Å². The van der Waals surface area contributed by atoms with Crippen molar-refractivity contribution in [2.24, 2.45) is 5.92 Å². The molecule has 1 aromatic rings. The fourth-order valence-electron chi connectivity index (χ4n) is 2.85. The zero-order chi connectivity index (χ0) is 15.5. The molecule has 1 fully saturated rings. The number of nitriles is 1. The smallest absolute Gasteiger partial charge is 0.209 e. The maximum absolute atomic E-state index is 11.5. The Morgan fingerprint density at radius 2 is 2.29 bits per heavy atom. The van der Waals surface area contributed by atoms with E-state index in [0.29, 0.717) is 24.5 Å². The van der Waals surface area contributed by atoms with E-state index >= 15 is 0 Å². The molecule has 1 N–H and O–H groups in total. The van der Waals surface area contributed by atoms with Gasteiger partial charge in [0.1, 0.15) is 11.9 Å². The summed E-state index contributed by atoms with van der Waals surface area (Å²) < 4.78 is 25.7. The van der Waals surface area contributed by atoms with Crippen LogP contribution < -0.4 is 9.62 Å². The molecule has 0 aromatic carbocycles. The molecule has 1 saturated heterocycles. The van der Waals surface area contributed by atoms with Crippen LogP contribution in [0.15, 0.2) is 18.3 Å². The summed E-state index contributed by atoms with van der Waals surface area (Å²) in [5.41, 5.74) is 0.521. The van der Waals surface area contributed by atoms with Gasteiger partial charge in [-0.3, -0.25) is 0 Å². The fraction of sp³-hybridized carbons (Fsp3) is 0.571. The zero-order valence-corrected chi connectivity index (χ0v) is 13.1. The van der Waals surface area contributed by atoms with E-state index < -0.39 is 10.0 Å². The first kappa shape index (κ1) is 15.7. The van der Waals surface area contributed by atoms with Gasteiger partial charge < -0.3 is 4.90 Å². The average Bonchev–Trinajstić information content (AvgIpc) is 2.80. The molecule has 0 radical (unpaired) electrons. The minimum atomic E-state index is -3.24. The predicted octanol–water partition coefficient (Wildman–Crippen LogP) is 1.11. The summed E-state index contributed by atoms with van der Waals surface area (Å²) in [6.45, 7) is 3.35. The van der Waals surface area contributed by atoms with Crippen molar-refractivity contribution < 1.29 is 8.42 Å². The highest BCUT2D eigenvalue weighted by Crippen LogP contribution is 2.27. The van der Waals surface area contributed by atoms with Gasteiger partial charge in [0, 0.05) is 25.3 Å². The lowest BCUT2D eigenvalue weighted by Crippen LogP contribution is -2.40. The molecule has 0 spiro atoms. The number of hydrogen-bond donors (Lipinski definition) is 1. The number of nitrogens with zero attached hydrogens (tertiary/aromatic N) is 3. The van der Waals surface area contributed by atoms with E-state index in [2.05, 4.69) is 22.7 Å². The topological polar surface area (TPSA) is 86.1 Å². The van der Waals surface area contributed by atoms with Crippen LogP contribution in [0.25, 0.3) is 0 Å². The maximum Gasteiger partial charge on any atom is 0.209 e. The van der Waals surface area contributed by atoms with E-state index in [0.717, 1.165) is 12.8 Å². The lowest BCUT2D eigenvalue weighted by Gasteiger charge is -2.18. The average molecular weight is 308 g/mol. The third kappa shape index (κ3) is 3.93. The van der Waals surface area contributed by atoms with Crippen LogP contribution in [0, 0.1) is 17.2 Å². The Morgan fingerprint density at radius 3 is 2.90 bits per heavy atom. The van der Waals surface area contributed by atoms with Gasteiger partial charge in [0.2, 0.25) is 10.0 Å². The van der Waals surface area contributed by atoms with Gasteiger partial charge in [0.05, 0.1) is 11.8 Å². The molecular weight excluding hydrogens is 288 g/mol. The summed E-state index contributed by atoms with van der Waals surface area (Å²) in [5.74, 6) is 0.872. The molecule has 21 heavy (non-hydrogen) atoms. The van der Waals surface area contributed by atoms with Gasteiger partial charge in [-0.25, -0.2) is 18.1 Å². The summed E-state index contributed by atoms with van der Waals surface area (Å²) in [4.78, 5) is 6.28. The molecule has 1 aromatic heterocycles. The summed E-state index contributed by atoms with van der Waals surface area (Å²) in [6, 6.07) is 5.47. The Hall–Kier alpha value is -1.65. The van der Waals surface area contributed by atoms with Crippen molar-refractivity contribution in [2.75, 3.05) is 24.2 Å². The number of rotatable bonds is 5. The highest BCUT2D eigenvalue weighted by atomic mass is 32.2. The molecular formula is C14H20N4O2S. The van der Waals surface area contributed by atoms with Crippen molar-refractivity contribution in [1.82, 2.24) is 9.71 Å². The molecule has 2 rings (SSSR count). The number of pyridine rings is 1. The molecule has 114 valence electrons. The van der Waals surface area contributed by atoms with Crippen molar-refractivity contribution >= 4 is 15.8 Å². The Labute approximate surface area is 125 Å². The van der Waals surface area contributed by atoms with Crippen LogP contribution in [-0.4, -0.2) is 38.8 Å². The predicted molar refractivity (Wildman–Crippen MR) is 81.3 cm³/mol. The molecule has 0 unspecified atom stereocenters. The maximum atomic E-state index is 11.5. The molecule has 2 heterocycles. The number of anilines is 1. The largest absolute Gasteiger partial charge is 0.354 e. The standard InChI is InChI=1S/C14H20N4O2S/c1-3-5-12-9-18(10-13(12)17-21(2,19)20)14-11(8-15)6-4-7-16-14/h4,6-7,12-13,17H,3,5,9-10H2,1-2H3/t12-,13-/m0/s1. The van der Waals surface area contributed by atoms with E-state index in [-0.39, 0.29) is 12.0 Å². The monoisotopic (exact) mass is 308 g/mol. The summed E-state index contributed by atoms with van der Waals surface area (Å²) in [6.07, 6.45) is 4.77. The lowest BCUT2D eigenvalue weighted by molar-refractivity contribution is 0.442. The molecule has 7 heteroatoms. The van der Waals surface area contributed by atoms with E-state index in [4.69, 9.17) is 0 Å². The van der Waals surface area contributed by atoms with E-state index in [9.17, 15) is 13.7 Å². The Balaban J connectivity index is 2.22. The highest BCUT2D eigenvalue weighted by Gasteiger charge is 2.35. The van der Waals surface area contributed by atoms with Crippen LogP contribution >= 0.6 is 0 Å². The van der Waals surface area contributed by atoms with Crippen LogP contribution in [0.3, 0.4) is 0 Å². The van der Waals surface area contributed by atoms with Gasteiger partial charge in [-0.2, -0.15) is 5.26 Å². The lowest BCUT2D eigenvalue weighted by atomic mass is 9.99. The Bertz CT molecular complexity index is 639. The second-order valence-corrected chi connectivity index (χ2v) is 7.22. The molecule has 6 nitrogen and oxygen atoms in total. The number of nitrogens with one attached hydrogen (secondary N) is 1. The summed E-state index contributed by atoms with van der Waals surface area (Å²) >= 11 is 0. The number of sulfonamides is 1. The van der Waals surface area contributed by atoms with Crippen LogP contribution in [0.4, 0.5) is 5.82 Å². The minimum Gasteiger partial charge on any atom is -0.354 e. The van der Waals surface area contributed by atoms with Crippen LogP contribution in [0.2, 0.25) is 0 Å². The first-order valence-electron chi connectivity index (χ1n) is 7.02. The van der Waals surface area contributed by atoms with Crippen molar-refractivity contribution in [1.29, 1.82) is 5.26 Å². The van der Waals surface area contributed by atoms with Gasteiger partial charge in [-0.15, -0.1) is 0 Å². The normalized spacial score (nSPS) is 22.2. The molecule has 0 aliphatic carbocycles. The van der Waals surface area contributed by atoms with Crippen molar-refractivity contribution in [2.45, 2.75) is 25.8 Å². The summed E-state index contributed by atoms with van der Waals surface area (Å²) in [7, 11) is -3.24. The highest BCUT2D eigenvalue weighted by molar-refractivity contribution is 7.88.